The lowest BCUT2D eigenvalue weighted by atomic mass is 9.86. The fourth-order valence-electron chi connectivity index (χ4n) is 5.50. The maximum Gasteiger partial charge on any atom is 0.407 e. The van der Waals surface area contributed by atoms with Gasteiger partial charge >= 0.3 is 12.1 Å². The Morgan fingerprint density at radius 3 is 2.30 bits per heavy atom. The van der Waals surface area contributed by atoms with Gasteiger partial charge in [-0.05, 0) is 70.3 Å². The van der Waals surface area contributed by atoms with E-state index in [1.807, 2.05) is 36.4 Å². The van der Waals surface area contributed by atoms with E-state index in [0.29, 0.717) is 44.0 Å². The van der Waals surface area contributed by atoms with Crippen LogP contribution < -0.4 is 4.74 Å². The van der Waals surface area contributed by atoms with E-state index in [-0.39, 0.29) is 25.4 Å². The highest BCUT2D eigenvalue weighted by atomic mass is 28.3. The van der Waals surface area contributed by atoms with Gasteiger partial charge in [0, 0.05) is 27.1 Å². The summed E-state index contributed by atoms with van der Waals surface area (Å²) < 4.78 is 23.2. The molecule has 1 fully saturated rings. The van der Waals surface area contributed by atoms with Crippen LogP contribution in [0, 0.1) is 0 Å². The van der Waals surface area contributed by atoms with Gasteiger partial charge in [-0.25, -0.2) is 9.59 Å². The van der Waals surface area contributed by atoms with Gasteiger partial charge in [0.15, 0.2) is 6.79 Å². The zero-order valence-electron chi connectivity index (χ0n) is 26.8. The molecule has 46 heavy (non-hydrogen) atoms. The van der Waals surface area contributed by atoms with Gasteiger partial charge in [0.1, 0.15) is 12.4 Å². The van der Waals surface area contributed by atoms with E-state index >= 15 is 0 Å². The molecule has 0 spiro atoms. The van der Waals surface area contributed by atoms with Gasteiger partial charge in [-0.3, -0.25) is 0 Å². The number of esters is 1. The summed E-state index contributed by atoms with van der Waals surface area (Å²) in [5.41, 5.74) is 3.43. The van der Waals surface area contributed by atoms with Crippen molar-refractivity contribution in [2.75, 3.05) is 26.5 Å². The van der Waals surface area contributed by atoms with Gasteiger partial charge in [0.05, 0.1) is 24.8 Å². The van der Waals surface area contributed by atoms with Gasteiger partial charge in [0.2, 0.25) is 0 Å². The topological polar surface area (TPSA) is 94.5 Å². The van der Waals surface area contributed by atoms with Crippen molar-refractivity contribution in [1.29, 1.82) is 0 Å². The Kier molecular flexibility index (Phi) is 11.1. The summed E-state index contributed by atoms with van der Waals surface area (Å²) >= 11 is 0. The normalized spacial score (nSPS) is 16.7. The highest BCUT2D eigenvalue weighted by Gasteiger charge is 2.33. The summed E-state index contributed by atoms with van der Waals surface area (Å²) in [6.07, 6.45) is -0.560. The van der Waals surface area contributed by atoms with Gasteiger partial charge in [0.25, 0.3) is 0 Å². The van der Waals surface area contributed by atoms with Crippen LogP contribution in [0.5, 0.6) is 5.75 Å². The molecule has 5 rings (SSSR count). The van der Waals surface area contributed by atoms with E-state index in [9.17, 15) is 14.7 Å². The third-order valence-electron chi connectivity index (χ3n) is 8.28. The molecule has 0 saturated carbocycles. The van der Waals surface area contributed by atoms with Crippen LogP contribution in [0.2, 0.25) is 25.7 Å². The van der Waals surface area contributed by atoms with E-state index in [1.165, 1.54) is 10.3 Å². The van der Waals surface area contributed by atoms with Crippen LogP contribution in [-0.2, 0) is 27.4 Å². The van der Waals surface area contributed by atoms with Crippen LogP contribution >= 0.6 is 0 Å². The Morgan fingerprint density at radius 2 is 1.59 bits per heavy atom. The number of fused-ring (bicyclic) bond motifs is 1. The summed E-state index contributed by atoms with van der Waals surface area (Å²) in [5, 5.41) is 12.0. The average molecular weight is 642 g/mol. The molecule has 9 heteroatoms. The molecule has 2 unspecified atom stereocenters. The number of amides is 1. The van der Waals surface area contributed by atoms with Crippen molar-refractivity contribution in [3.63, 3.8) is 0 Å². The largest absolute Gasteiger partial charge is 0.468 e. The first kappa shape index (κ1) is 33.2. The second-order valence-corrected chi connectivity index (χ2v) is 18.6. The molecule has 1 amide bonds. The first-order valence-corrected chi connectivity index (χ1v) is 19.5. The molecule has 1 saturated heterocycles. The molecule has 1 aliphatic heterocycles. The molecule has 1 N–H and O–H groups in total. The number of carbonyl (C=O) groups excluding carboxylic acids is 1. The van der Waals surface area contributed by atoms with Crippen LogP contribution in [0.15, 0.2) is 91.0 Å². The highest BCUT2D eigenvalue weighted by Crippen LogP contribution is 2.32. The minimum atomic E-state index is -1.14. The first-order chi connectivity index (χ1) is 22.1. The zero-order valence-corrected chi connectivity index (χ0v) is 27.8. The molecule has 0 aromatic heterocycles. The maximum atomic E-state index is 12.7. The van der Waals surface area contributed by atoms with E-state index in [2.05, 4.69) is 50.0 Å². The van der Waals surface area contributed by atoms with Crippen LogP contribution in [0.4, 0.5) is 4.79 Å². The van der Waals surface area contributed by atoms with Gasteiger partial charge in [-0.15, -0.1) is 0 Å². The molecule has 0 bridgehead atoms. The van der Waals surface area contributed by atoms with Gasteiger partial charge in [-0.2, -0.15) is 0 Å². The summed E-state index contributed by atoms with van der Waals surface area (Å²) in [7, 11) is -1.14. The number of rotatable bonds is 13. The van der Waals surface area contributed by atoms with E-state index in [1.54, 1.807) is 24.3 Å². The molecule has 242 valence electrons. The van der Waals surface area contributed by atoms with E-state index in [4.69, 9.17) is 18.9 Å². The second kappa shape index (κ2) is 15.4. The molecule has 2 atom stereocenters. The number of carboxylic acid groups (broad SMARTS) is 1. The lowest BCUT2D eigenvalue weighted by Crippen LogP contribution is -2.46. The monoisotopic (exact) mass is 641 g/mol. The Bertz CT molecular complexity index is 1600. The summed E-state index contributed by atoms with van der Waals surface area (Å²) in [6.45, 7) is 9.07. The number of carbonyl (C=O) groups is 2. The number of benzene rings is 4. The number of likely N-dealkylation sites (tertiary alicyclic amines) is 1. The first-order valence-electron chi connectivity index (χ1n) is 15.8. The summed E-state index contributed by atoms with van der Waals surface area (Å²) in [6, 6.07) is 30.3. The Balaban J connectivity index is 1.13. The van der Waals surface area contributed by atoms with E-state index in [0.717, 1.165) is 28.1 Å². The Hall–Kier alpha value is -4.18. The molecule has 0 aliphatic carbocycles. The minimum absolute atomic E-state index is 0.0409. The van der Waals surface area contributed by atoms with Gasteiger partial charge in [-0.1, -0.05) is 80.3 Å². The van der Waals surface area contributed by atoms with Crippen LogP contribution in [0.25, 0.3) is 10.8 Å². The van der Waals surface area contributed by atoms with Crippen molar-refractivity contribution in [2.24, 2.45) is 0 Å². The molecule has 8 nitrogen and oxygen atoms in total. The third-order valence-corrected chi connectivity index (χ3v) is 9.98. The Morgan fingerprint density at radius 1 is 0.870 bits per heavy atom. The number of piperidine rings is 1. The van der Waals surface area contributed by atoms with Crippen LogP contribution in [-0.4, -0.2) is 62.7 Å². The number of ether oxygens (including phenoxy) is 4. The fourth-order valence-corrected chi connectivity index (χ4v) is 6.26. The molecule has 4 aromatic carbocycles. The SMILES string of the molecule is C[Si](C)(C)CCOCOc1ccc(C(=O)OCc2ccc(C3CCN(C(=O)O)CC3OCc3ccc4ccccc4c3)cc2)cc1. The fraction of sp³-hybridized carbons (Fsp3) is 0.351. The lowest BCUT2D eigenvalue weighted by molar-refractivity contribution is -0.0199. The van der Waals surface area contributed by atoms with Crippen molar-refractivity contribution in [1.82, 2.24) is 4.90 Å². The van der Waals surface area contributed by atoms with Crippen LogP contribution in [0.3, 0.4) is 0 Å². The predicted molar refractivity (Wildman–Crippen MR) is 181 cm³/mol. The molecule has 4 aromatic rings. The van der Waals surface area contributed by atoms with Crippen molar-refractivity contribution >= 4 is 30.9 Å². The van der Waals surface area contributed by atoms with Gasteiger partial charge < -0.3 is 29.0 Å². The quantitative estimate of drug-likeness (QED) is 0.0686. The molecule has 1 heterocycles. The smallest absolute Gasteiger partial charge is 0.407 e. The van der Waals surface area contributed by atoms with Crippen molar-refractivity contribution in [3.8, 4) is 5.75 Å². The number of hydrogen-bond acceptors (Lipinski definition) is 6. The Labute approximate surface area is 271 Å². The lowest BCUT2D eigenvalue weighted by Gasteiger charge is -2.37. The average Bonchev–Trinajstić information content (AvgIpc) is 3.06. The summed E-state index contributed by atoms with van der Waals surface area (Å²) in [4.78, 5) is 25.9. The third kappa shape index (κ3) is 9.42. The van der Waals surface area contributed by atoms with Crippen LogP contribution in [0.1, 0.15) is 39.4 Å². The van der Waals surface area contributed by atoms with Crippen molar-refractivity contribution in [3.05, 3.63) is 113 Å². The number of hydrogen-bond donors (Lipinski definition) is 1. The highest BCUT2D eigenvalue weighted by molar-refractivity contribution is 6.76. The zero-order chi connectivity index (χ0) is 32.5. The van der Waals surface area contributed by atoms with E-state index < -0.39 is 20.1 Å². The van der Waals surface area contributed by atoms with Crippen molar-refractivity contribution in [2.45, 2.75) is 57.3 Å². The maximum absolute atomic E-state index is 12.7. The number of nitrogens with zero attached hydrogens (tertiary/aromatic N) is 1. The predicted octanol–water partition coefficient (Wildman–Crippen LogP) is 7.94. The molecule has 0 radical (unpaired) electrons. The van der Waals surface area contributed by atoms with Crippen molar-refractivity contribution < 1.29 is 33.6 Å². The standard InChI is InChI=1S/C37H43NO7Si/c1-46(2,3)21-20-42-26-45-33-16-14-31(15-17-33)36(39)44-24-27-8-12-30(13-9-27)34-18-19-38(37(40)41)23-35(34)43-25-28-10-11-29-6-4-5-7-32(29)22-28/h4-17,22,34-35H,18-21,23-26H2,1-3H3,(H,40,41). The molecule has 1 aliphatic rings. The minimum Gasteiger partial charge on any atom is -0.468 e. The second-order valence-electron chi connectivity index (χ2n) is 13.0. The summed E-state index contributed by atoms with van der Waals surface area (Å²) in [5.74, 6) is 0.262. The molecular formula is C37H43NO7Si. The molecular weight excluding hydrogens is 598 g/mol.